The van der Waals surface area contributed by atoms with Crippen LogP contribution in [0, 0.1) is 0 Å². The van der Waals surface area contributed by atoms with Gasteiger partial charge in [0.1, 0.15) is 5.54 Å². The van der Waals surface area contributed by atoms with Crippen molar-refractivity contribution in [3.8, 4) is 0 Å². The van der Waals surface area contributed by atoms with E-state index >= 15 is 0 Å². The molecule has 0 bridgehead atoms. The zero-order valence-electron chi connectivity index (χ0n) is 12.5. The number of rotatable bonds is 9. The largest absolute Gasteiger partial charge is 0.394 e. The molecule has 2 atom stereocenters. The predicted molar refractivity (Wildman–Crippen MR) is 86.0 cm³/mol. The maximum Gasteiger partial charge on any atom is 0.243 e. The Kier molecular flexibility index (Phi) is 7.17. The highest BCUT2D eigenvalue weighted by atomic mass is 32.2. The molecule has 0 aliphatic rings. The van der Waals surface area contributed by atoms with Gasteiger partial charge in [-0.25, -0.2) is 0 Å². The molecule has 0 aliphatic carbocycles. The van der Waals surface area contributed by atoms with Crippen molar-refractivity contribution in [3.05, 3.63) is 35.9 Å². The number of benzene rings is 1. The minimum Gasteiger partial charge on any atom is -0.394 e. The second kappa shape index (κ2) is 8.38. The summed E-state index contributed by atoms with van der Waals surface area (Å²) < 4.78 is 0. The van der Waals surface area contributed by atoms with Crippen LogP contribution in [-0.4, -0.2) is 46.4 Å². The molecule has 1 aromatic rings. The minimum atomic E-state index is -0.991. The average molecular weight is 312 g/mol. The standard InChI is InChI=1S/C15H24N2O3S/c1-11(2)17-15(14(16)20,10-21-9-13(19)8-18)12-6-4-3-5-7-12/h3-7,11,13,17-19H,8-10H2,1-2H3,(H2,16,20). The van der Waals surface area contributed by atoms with Crippen molar-refractivity contribution in [2.75, 3.05) is 18.1 Å². The Morgan fingerprint density at radius 3 is 2.48 bits per heavy atom. The fourth-order valence-corrected chi connectivity index (χ4v) is 3.30. The van der Waals surface area contributed by atoms with E-state index in [1.54, 1.807) is 0 Å². The van der Waals surface area contributed by atoms with Crippen LogP contribution in [-0.2, 0) is 10.3 Å². The summed E-state index contributed by atoms with van der Waals surface area (Å²) in [6.07, 6.45) is -0.796. The fraction of sp³-hybridized carbons (Fsp3) is 0.533. The lowest BCUT2D eigenvalue weighted by Crippen LogP contribution is -2.57. The first-order valence-electron chi connectivity index (χ1n) is 6.92. The van der Waals surface area contributed by atoms with Gasteiger partial charge in [0.2, 0.25) is 5.91 Å². The molecule has 6 heteroatoms. The molecular weight excluding hydrogens is 288 g/mol. The lowest BCUT2D eigenvalue weighted by molar-refractivity contribution is -0.124. The molecule has 0 aromatic heterocycles. The van der Waals surface area contributed by atoms with E-state index in [2.05, 4.69) is 5.32 Å². The summed E-state index contributed by atoms with van der Waals surface area (Å²) in [5.41, 5.74) is 5.49. The first kappa shape index (κ1) is 18.0. The van der Waals surface area contributed by atoms with E-state index in [0.717, 1.165) is 5.56 Å². The van der Waals surface area contributed by atoms with Gasteiger partial charge in [-0.3, -0.25) is 10.1 Å². The van der Waals surface area contributed by atoms with Gasteiger partial charge in [0, 0.05) is 17.5 Å². The van der Waals surface area contributed by atoms with Gasteiger partial charge in [-0.05, 0) is 19.4 Å². The highest BCUT2D eigenvalue weighted by Gasteiger charge is 2.38. The summed E-state index contributed by atoms with van der Waals surface area (Å²) in [6.45, 7) is 3.61. The molecule has 2 unspecified atom stereocenters. The van der Waals surface area contributed by atoms with Crippen molar-refractivity contribution in [1.29, 1.82) is 0 Å². The van der Waals surface area contributed by atoms with E-state index < -0.39 is 17.6 Å². The van der Waals surface area contributed by atoms with Gasteiger partial charge in [0.05, 0.1) is 12.7 Å². The van der Waals surface area contributed by atoms with Crippen LogP contribution in [0.1, 0.15) is 19.4 Å². The highest BCUT2D eigenvalue weighted by molar-refractivity contribution is 7.99. The second-order valence-corrected chi connectivity index (χ2v) is 6.32. The third-order valence-electron chi connectivity index (χ3n) is 3.06. The zero-order chi connectivity index (χ0) is 15.9. The van der Waals surface area contributed by atoms with Crippen molar-refractivity contribution in [1.82, 2.24) is 5.32 Å². The average Bonchev–Trinajstić information content (AvgIpc) is 2.46. The van der Waals surface area contributed by atoms with Gasteiger partial charge in [-0.2, -0.15) is 11.8 Å². The summed E-state index contributed by atoms with van der Waals surface area (Å²) in [5, 5.41) is 21.6. The normalized spacial score (nSPS) is 15.7. The molecule has 0 saturated carbocycles. The van der Waals surface area contributed by atoms with Crippen LogP contribution in [0.2, 0.25) is 0 Å². The monoisotopic (exact) mass is 312 g/mol. The fourth-order valence-electron chi connectivity index (χ4n) is 2.11. The third-order valence-corrected chi connectivity index (χ3v) is 4.32. The minimum absolute atomic E-state index is 0.0704. The highest BCUT2D eigenvalue weighted by Crippen LogP contribution is 2.27. The van der Waals surface area contributed by atoms with Gasteiger partial charge in [-0.1, -0.05) is 30.3 Å². The van der Waals surface area contributed by atoms with Crippen LogP contribution >= 0.6 is 11.8 Å². The molecule has 118 valence electrons. The molecule has 0 saturated heterocycles. The van der Waals surface area contributed by atoms with Gasteiger partial charge in [0.15, 0.2) is 0 Å². The number of amides is 1. The summed E-state index contributed by atoms with van der Waals surface area (Å²) in [4.78, 5) is 12.1. The van der Waals surface area contributed by atoms with Crippen LogP contribution in [0.3, 0.4) is 0 Å². The molecule has 1 rings (SSSR count). The van der Waals surface area contributed by atoms with Gasteiger partial charge in [-0.15, -0.1) is 0 Å². The lowest BCUT2D eigenvalue weighted by Gasteiger charge is -2.34. The summed E-state index contributed by atoms with van der Waals surface area (Å²) in [7, 11) is 0. The smallest absolute Gasteiger partial charge is 0.243 e. The molecule has 0 aliphatic heterocycles. The first-order valence-corrected chi connectivity index (χ1v) is 8.07. The number of thioether (sulfide) groups is 1. The van der Waals surface area contributed by atoms with Crippen molar-refractivity contribution < 1.29 is 15.0 Å². The molecule has 0 spiro atoms. The summed E-state index contributed by atoms with van der Waals surface area (Å²) in [5.74, 6) is 0.285. The molecule has 5 nitrogen and oxygen atoms in total. The molecule has 0 radical (unpaired) electrons. The van der Waals surface area contributed by atoms with E-state index in [4.69, 9.17) is 10.8 Å². The van der Waals surface area contributed by atoms with Gasteiger partial charge in [0.25, 0.3) is 0 Å². The van der Waals surface area contributed by atoms with E-state index in [1.807, 2.05) is 44.2 Å². The van der Waals surface area contributed by atoms with Crippen molar-refractivity contribution in [2.45, 2.75) is 31.5 Å². The number of carbonyl (C=O) groups excluding carboxylic acids is 1. The molecule has 1 aromatic carbocycles. The molecule has 0 heterocycles. The summed E-state index contributed by atoms with van der Waals surface area (Å²) in [6, 6.07) is 9.41. The summed E-state index contributed by atoms with van der Waals surface area (Å²) >= 11 is 1.38. The Morgan fingerprint density at radius 1 is 1.38 bits per heavy atom. The lowest BCUT2D eigenvalue weighted by atomic mass is 9.90. The van der Waals surface area contributed by atoms with Crippen molar-refractivity contribution in [2.24, 2.45) is 5.73 Å². The van der Waals surface area contributed by atoms with E-state index in [0.29, 0.717) is 11.5 Å². The number of nitrogens with one attached hydrogen (secondary N) is 1. The van der Waals surface area contributed by atoms with E-state index in [-0.39, 0.29) is 12.6 Å². The van der Waals surface area contributed by atoms with Crippen molar-refractivity contribution in [3.63, 3.8) is 0 Å². The predicted octanol–water partition coefficient (Wildman–Crippen LogP) is 0.452. The molecular formula is C15H24N2O3S. The Labute approximate surface area is 129 Å². The number of carbonyl (C=O) groups is 1. The Morgan fingerprint density at radius 2 is 2.00 bits per heavy atom. The Hall–Kier alpha value is -1.08. The topological polar surface area (TPSA) is 95.6 Å². The van der Waals surface area contributed by atoms with Crippen LogP contribution in [0.15, 0.2) is 30.3 Å². The number of primary amides is 1. The quantitative estimate of drug-likeness (QED) is 0.531. The van der Waals surface area contributed by atoms with Gasteiger partial charge >= 0.3 is 0 Å². The molecule has 21 heavy (non-hydrogen) atoms. The van der Waals surface area contributed by atoms with Crippen LogP contribution in [0.4, 0.5) is 0 Å². The van der Waals surface area contributed by atoms with Crippen molar-refractivity contribution >= 4 is 17.7 Å². The van der Waals surface area contributed by atoms with Gasteiger partial charge < -0.3 is 15.9 Å². The van der Waals surface area contributed by atoms with Crippen LogP contribution in [0.25, 0.3) is 0 Å². The number of hydrogen-bond acceptors (Lipinski definition) is 5. The van der Waals surface area contributed by atoms with E-state index in [1.165, 1.54) is 11.8 Å². The maximum atomic E-state index is 12.1. The first-order chi connectivity index (χ1) is 9.92. The third kappa shape index (κ3) is 5.00. The van der Waals surface area contributed by atoms with E-state index in [9.17, 15) is 9.90 Å². The number of nitrogens with two attached hydrogens (primary N) is 1. The molecule has 0 fully saturated rings. The SMILES string of the molecule is CC(C)NC(CSCC(O)CO)(C(N)=O)c1ccccc1. The zero-order valence-corrected chi connectivity index (χ0v) is 13.3. The molecule has 1 amide bonds. The van der Waals surface area contributed by atoms with Crippen LogP contribution < -0.4 is 11.1 Å². The number of aliphatic hydroxyl groups excluding tert-OH is 2. The molecule has 5 N–H and O–H groups in total. The van der Waals surface area contributed by atoms with Crippen LogP contribution in [0.5, 0.6) is 0 Å². The second-order valence-electron chi connectivity index (χ2n) is 5.29. The Bertz CT molecular complexity index is 442. The maximum absolute atomic E-state index is 12.1. The number of hydrogen-bond donors (Lipinski definition) is 4. The number of aliphatic hydroxyl groups is 2. The Balaban J connectivity index is 2.99.